The lowest BCUT2D eigenvalue weighted by Crippen LogP contribution is -2.48. The Labute approximate surface area is 117 Å². The van der Waals surface area contributed by atoms with Crippen molar-refractivity contribution in [3.63, 3.8) is 0 Å². The smallest absolute Gasteiger partial charge is 0.238 e. The Morgan fingerprint density at radius 1 is 1.40 bits per heavy atom. The molecule has 5 nitrogen and oxygen atoms in total. The second kappa shape index (κ2) is 5.46. The van der Waals surface area contributed by atoms with E-state index < -0.39 is 0 Å². The highest BCUT2D eigenvalue weighted by Gasteiger charge is 2.26. The lowest BCUT2D eigenvalue weighted by atomic mass is 10.0. The van der Waals surface area contributed by atoms with Gasteiger partial charge in [-0.2, -0.15) is 0 Å². The van der Waals surface area contributed by atoms with E-state index in [1.54, 1.807) is 6.33 Å². The summed E-state index contributed by atoms with van der Waals surface area (Å²) in [6, 6.07) is 9.76. The Kier molecular flexibility index (Phi) is 3.52. The monoisotopic (exact) mass is 270 g/mol. The summed E-state index contributed by atoms with van der Waals surface area (Å²) >= 11 is 0. The number of aromatic amines is 1. The predicted octanol–water partition coefficient (Wildman–Crippen LogP) is 1.30. The molecule has 2 aromatic rings. The highest BCUT2D eigenvalue weighted by molar-refractivity contribution is 5.82. The SMILES string of the molecule is C[C@@H](NC(=O)C1Cc2nc[nH]c2CN1)c1ccccc1. The molecule has 1 aliphatic heterocycles. The van der Waals surface area contributed by atoms with Crippen LogP contribution in [0.15, 0.2) is 36.7 Å². The molecule has 2 heterocycles. The topological polar surface area (TPSA) is 69.8 Å². The van der Waals surface area contributed by atoms with Crippen LogP contribution in [0.25, 0.3) is 0 Å². The summed E-state index contributed by atoms with van der Waals surface area (Å²) in [5.74, 6) is 0.0232. The fraction of sp³-hybridized carbons (Fsp3) is 0.333. The molecule has 20 heavy (non-hydrogen) atoms. The van der Waals surface area contributed by atoms with Gasteiger partial charge < -0.3 is 10.3 Å². The van der Waals surface area contributed by atoms with Gasteiger partial charge in [0.25, 0.3) is 0 Å². The molecule has 0 spiro atoms. The van der Waals surface area contributed by atoms with Gasteiger partial charge in [-0.25, -0.2) is 4.98 Å². The van der Waals surface area contributed by atoms with Gasteiger partial charge in [-0.05, 0) is 12.5 Å². The van der Waals surface area contributed by atoms with Crippen molar-refractivity contribution >= 4 is 5.91 Å². The number of carbonyl (C=O) groups excluding carboxylic acids is 1. The molecule has 3 N–H and O–H groups in total. The summed E-state index contributed by atoms with van der Waals surface area (Å²) < 4.78 is 0. The van der Waals surface area contributed by atoms with Gasteiger partial charge in [0.1, 0.15) is 0 Å². The number of H-pyrrole nitrogens is 1. The minimum Gasteiger partial charge on any atom is -0.348 e. The molecular formula is C15H18N4O. The van der Waals surface area contributed by atoms with Gasteiger partial charge in [0.2, 0.25) is 5.91 Å². The van der Waals surface area contributed by atoms with Crippen molar-refractivity contribution in [1.82, 2.24) is 20.6 Å². The van der Waals surface area contributed by atoms with Gasteiger partial charge in [0, 0.05) is 13.0 Å². The van der Waals surface area contributed by atoms with Crippen LogP contribution in [0.2, 0.25) is 0 Å². The average Bonchev–Trinajstić information content (AvgIpc) is 2.95. The van der Waals surface area contributed by atoms with Crippen LogP contribution in [-0.4, -0.2) is 21.9 Å². The minimum atomic E-state index is -0.211. The van der Waals surface area contributed by atoms with Crippen LogP contribution in [0.1, 0.15) is 29.9 Å². The Bertz CT molecular complexity index is 593. The fourth-order valence-electron chi connectivity index (χ4n) is 2.49. The van der Waals surface area contributed by atoms with Crippen molar-refractivity contribution in [3.05, 3.63) is 53.6 Å². The standard InChI is InChI=1S/C15H18N4O/c1-10(11-5-3-2-4-6-11)19-15(20)13-7-12-14(8-16-13)18-9-17-12/h2-6,9-10,13,16H,7-8H2,1H3,(H,17,18)(H,19,20)/t10-,13?/m1/s1. The van der Waals surface area contributed by atoms with Gasteiger partial charge in [-0.1, -0.05) is 30.3 Å². The number of nitrogens with one attached hydrogen (secondary N) is 3. The maximum Gasteiger partial charge on any atom is 0.238 e. The molecule has 1 unspecified atom stereocenters. The lowest BCUT2D eigenvalue weighted by Gasteiger charge is -2.24. The van der Waals surface area contributed by atoms with Gasteiger partial charge in [0.05, 0.1) is 29.8 Å². The predicted molar refractivity (Wildman–Crippen MR) is 75.9 cm³/mol. The van der Waals surface area contributed by atoms with Crippen molar-refractivity contribution in [2.45, 2.75) is 32.0 Å². The van der Waals surface area contributed by atoms with E-state index in [1.165, 1.54) is 0 Å². The summed E-state index contributed by atoms with van der Waals surface area (Å²) in [5.41, 5.74) is 3.17. The maximum absolute atomic E-state index is 12.3. The number of carbonyl (C=O) groups is 1. The largest absolute Gasteiger partial charge is 0.348 e. The van der Waals surface area contributed by atoms with Gasteiger partial charge in [-0.3, -0.25) is 10.1 Å². The van der Waals surface area contributed by atoms with E-state index >= 15 is 0 Å². The summed E-state index contributed by atoms with van der Waals surface area (Å²) in [5, 5.41) is 6.28. The number of hydrogen-bond donors (Lipinski definition) is 3. The molecular weight excluding hydrogens is 252 g/mol. The molecule has 1 amide bonds. The third-order valence-electron chi connectivity index (χ3n) is 3.71. The molecule has 0 saturated heterocycles. The molecule has 5 heteroatoms. The molecule has 2 atom stereocenters. The fourth-order valence-corrected chi connectivity index (χ4v) is 2.49. The number of nitrogens with zero attached hydrogens (tertiary/aromatic N) is 1. The number of aromatic nitrogens is 2. The van der Waals surface area contributed by atoms with Gasteiger partial charge in [-0.15, -0.1) is 0 Å². The highest BCUT2D eigenvalue weighted by Crippen LogP contribution is 2.15. The van der Waals surface area contributed by atoms with E-state index in [0.29, 0.717) is 13.0 Å². The van der Waals surface area contributed by atoms with E-state index in [1.807, 2.05) is 37.3 Å². The highest BCUT2D eigenvalue weighted by atomic mass is 16.2. The van der Waals surface area contributed by atoms with Crippen LogP contribution in [-0.2, 0) is 17.8 Å². The van der Waals surface area contributed by atoms with Gasteiger partial charge >= 0.3 is 0 Å². The number of rotatable bonds is 3. The minimum absolute atomic E-state index is 0.00563. The summed E-state index contributed by atoms with van der Waals surface area (Å²) in [7, 11) is 0. The van der Waals surface area contributed by atoms with Crippen molar-refractivity contribution in [2.75, 3.05) is 0 Å². The Morgan fingerprint density at radius 3 is 3.00 bits per heavy atom. The molecule has 0 bridgehead atoms. The summed E-state index contributed by atoms with van der Waals surface area (Å²) in [4.78, 5) is 19.6. The zero-order chi connectivity index (χ0) is 13.9. The molecule has 0 radical (unpaired) electrons. The van der Waals surface area contributed by atoms with Crippen molar-refractivity contribution in [2.24, 2.45) is 0 Å². The zero-order valence-corrected chi connectivity index (χ0v) is 11.4. The summed E-state index contributed by atoms with van der Waals surface area (Å²) in [6.07, 6.45) is 2.31. The van der Waals surface area contributed by atoms with Gasteiger partial charge in [0.15, 0.2) is 0 Å². The normalized spacial score (nSPS) is 19.1. The molecule has 0 saturated carbocycles. The number of hydrogen-bond acceptors (Lipinski definition) is 3. The number of imidazole rings is 1. The van der Waals surface area contributed by atoms with Crippen LogP contribution in [0.4, 0.5) is 0 Å². The number of benzene rings is 1. The molecule has 3 rings (SSSR count). The molecule has 0 fully saturated rings. The second-order valence-corrected chi connectivity index (χ2v) is 5.11. The first-order valence-corrected chi connectivity index (χ1v) is 6.84. The van der Waals surface area contributed by atoms with E-state index in [2.05, 4.69) is 20.6 Å². The zero-order valence-electron chi connectivity index (χ0n) is 11.4. The average molecular weight is 270 g/mol. The second-order valence-electron chi connectivity index (χ2n) is 5.11. The van der Waals surface area contributed by atoms with Crippen molar-refractivity contribution in [3.8, 4) is 0 Å². The van der Waals surface area contributed by atoms with Crippen LogP contribution >= 0.6 is 0 Å². The van der Waals surface area contributed by atoms with Crippen LogP contribution in [0.5, 0.6) is 0 Å². The van der Waals surface area contributed by atoms with Crippen LogP contribution in [0, 0.1) is 0 Å². The first kappa shape index (κ1) is 12.9. The maximum atomic E-state index is 12.3. The molecule has 1 aliphatic rings. The number of fused-ring (bicyclic) bond motifs is 1. The van der Waals surface area contributed by atoms with Crippen molar-refractivity contribution < 1.29 is 4.79 Å². The van der Waals surface area contributed by atoms with Crippen LogP contribution in [0.3, 0.4) is 0 Å². The molecule has 0 aliphatic carbocycles. The third-order valence-corrected chi connectivity index (χ3v) is 3.71. The van der Waals surface area contributed by atoms with E-state index in [4.69, 9.17) is 0 Å². The van der Waals surface area contributed by atoms with E-state index in [-0.39, 0.29) is 18.0 Å². The van der Waals surface area contributed by atoms with Crippen molar-refractivity contribution in [1.29, 1.82) is 0 Å². The van der Waals surface area contributed by atoms with E-state index in [9.17, 15) is 4.79 Å². The van der Waals surface area contributed by atoms with Crippen LogP contribution < -0.4 is 10.6 Å². The third kappa shape index (κ3) is 2.58. The molecule has 104 valence electrons. The first-order valence-electron chi connectivity index (χ1n) is 6.84. The number of amides is 1. The Hall–Kier alpha value is -2.14. The molecule has 1 aromatic carbocycles. The quantitative estimate of drug-likeness (QED) is 0.787. The Morgan fingerprint density at radius 2 is 2.20 bits per heavy atom. The summed E-state index contributed by atoms with van der Waals surface area (Å²) in [6.45, 7) is 2.66. The first-order chi connectivity index (χ1) is 9.74. The van der Waals surface area contributed by atoms with E-state index in [0.717, 1.165) is 17.0 Å². The lowest BCUT2D eigenvalue weighted by molar-refractivity contribution is -0.124. The molecule has 1 aromatic heterocycles. The Balaban J connectivity index is 1.63.